The summed E-state index contributed by atoms with van der Waals surface area (Å²) in [5.74, 6) is 0. The van der Waals surface area contributed by atoms with Gasteiger partial charge in [-0.3, -0.25) is 0 Å². The van der Waals surface area contributed by atoms with Crippen molar-refractivity contribution in [1.82, 2.24) is 5.32 Å². The van der Waals surface area contributed by atoms with Crippen LogP contribution in [-0.2, 0) is 0 Å². The number of hydrogen-bond acceptors (Lipinski definition) is 1. The number of allylic oxidation sites excluding steroid dienone is 5. The van der Waals surface area contributed by atoms with Crippen molar-refractivity contribution in [2.45, 2.75) is 12.8 Å². The second-order valence-electron chi connectivity index (χ2n) is 3.03. The number of nitrogens with one attached hydrogen (secondary N) is 1. The molecule has 1 aliphatic heterocycles. The van der Waals surface area contributed by atoms with Crippen LogP contribution in [0.5, 0.6) is 0 Å². The minimum absolute atomic E-state index is 0.955. The van der Waals surface area contributed by atoms with Gasteiger partial charge in [0.15, 0.2) is 0 Å². The molecule has 1 nitrogen and oxygen atoms in total. The van der Waals surface area contributed by atoms with E-state index in [2.05, 4.69) is 41.8 Å². The predicted molar refractivity (Wildman–Crippen MR) is 51.7 cm³/mol. The van der Waals surface area contributed by atoms with E-state index < -0.39 is 0 Å². The standard InChI is InChI=1S/C11H13N/c1-2-6-10(7-3-1)11-8-4-5-9-12-11/h2,4-8,12H,1,3,9H2. The molecule has 1 N–H and O–H groups in total. The molecule has 0 spiro atoms. The highest BCUT2D eigenvalue weighted by Gasteiger charge is 2.03. The van der Waals surface area contributed by atoms with Crippen molar-refractivity contribution in [1.29, 1.82) is 0 Å². The molecule has 1 heterocycles. The van der Waals surface area contributed by atoms with Gasteiger partial charge in [-0.05, 0) is 24.5 Å². The molecule has 1 heteroatoms. The summed E-state index contributed by atoms with van der Waals surface area (Å²) in [4.78, 5) is 0. The minimum atomic E-state index is 0.955. The van der Waals surface area contributed by atoms with Crippen LogP contribution >= 0.6 is 0 Å². The fourth-order valence-corrected chi connectivity index (χ4v) is 1.47. The topological polar surface area (TPSA) is 12.0 Å². The maximum Gasteiger partial charge on any atom is 0.0412 e. The van der Waals surface area contributed by atoms with Crippen molar-refractivity contribution >= 4 is 0 Å². The largest absolute Gasteiger partial charge is 0.381 e. The van der Waals surface area contributed by atoms with Gasteiger partial charge in [-0.15, -0.1) is 0 Å². The highest BCUT2D eigenvalue weighted by atomic mass is 14.9. The van der Waals surface area contributed by atoms with E-state index in [9.17, 15) is 0 Å². The van der Waals surface area contributed by atoms with Crippen molar-refractivity contribution in [2.75, 3.05) is 6.54 Å². The Morgan fingerprint density at radius 1 is 1.17 bits per heavy atom. The molecule has 0 aromatic heterocycles. The summed E-state index contributed by atoms with van der Waals surface area (Å²) in [5.41, 5.74) is 2.60. The van der Waals surface area contributed by atoms with E-state index in [4.69, 9.17) is 0 Å². The summed E-state index contributed by atoms with van der Waals surface area (Å²) < 4.78 is 0. The van der Waals surface area contributed by atoms with Gasteiger partial charge in [0.1, 0.15) is 0 Å². The van der Waals surface area contributed by atoms with Crippen LogP contribution in [0.25, 0.3) is 0 Å². The van der Waals surface area contributed by atoms with Gasteiger partial charge >= 0.3 is 0 Å². The fraction of sp³-hybridized carbons (Fsp3) is 0.273. The van der Waals surface area contributed by atoms with Crippen LogP contribution in [0.1, 0.15) is 12.8 Å². The minimum Gasteiger partial charge on any atom is -0.381 e. The molecule has 0 aromatic carbocycles. The zero-order valence-corrected chi connectivity index (χ0v) is 7.09. The normalized spacial score (nSPS) is 21.3. The van der Waals surface area contributed by atoms with Crippen LogP contribution in [0, 0.1) is 0 Å². The maximum absolute atomic E-state index is 3.34. The van der Waals surface area contributed by atoms with Gasteiger partial charge in [0.05, 0.1) is 0 Å². The van der Waals surface area contributed by atoms with Crippen LogP contribution in [0.2, 0.25) is 0 Å². The molecule has 2 aliphatic rings. The Hall–Kier alpha value is -1.24. The van der Waals surface area contributed by atoms with Crippen molar-refractivity contribution in [3.63, 3.8) is 0 Å². The predicted octanol–water partition coefficient (Wildman–Crippen LogP) is 2.31. The summed E-state index contributed by atoms with van der Waals surface area (Å²) in [5, 5.41) is 3.34. The molecule has 0 saturated heterocycles. The van der Waals surface area contributed by atoms with Gasteiger partial charge < -0.3 is 5.32 Å². The van der Waals surface area contributed by atoms with E-state index in [1.54, 1.807) is 0 Å². The van der Waals surface area contributed by atoms with Gasteiger partial charge in [0.25, 0.3) is 0 Å². The SMILES string of the molecule is C1=CCNC(C2=CCCC=C2)=C1. The first kappa shape index (κ1) is 7.41. The third kappa shape index (κ3) is 1.50. The molecule has 12 heavy (non-hydrogen) atoms. The van der Waals surface area contributed by atoms with Crippen molar-refractivity contribution in [3.8, 4) is 0 Å². The quantitative estimate of drug-likeness (QED) is 0.619. The first-order valence-corrected chi connectivity index (χ1v) is 4.44. The Morgan fingerprint density at radius 2 is 2.17 bits per heavy atom. The molecule has 0 amide bonds. The molecule has 62 valence electrons. The Labute approximate surface area is 73.2 Å². The first-order valence-electron chi connectivity index (χ1n) is 4.44. The van der Waals surface area contributed by atoms with Crippen LogP contribution < -0.4 is 5.32 Å². The van der Waals surface area contributed by atoms with Crippen LogP contribution in [0.3, 0.4) is 0 Å². The van der Waals surface area contributed by atoms with E-state index in [1.165, 1.54) is 24.1 Å². The number of rotatable bonds is 1. The van der Waals surface area contributed by atoms with E-state index in [-0.39, 0.29) is 0 Å². The van der Waals surface area contributed by atoms with Gasteiger partial charge in [0, 0.05) is 12.2 Å². The molecule has 2 rings (SSSR count). The molecule has 0 bridgehead atoms. The van der Waals surface area contributed by atoms with Crippen molar-refractivity contribution in [2.24, 2.45) is 0 Å². The Bertz CT molecular complexity index is 279. The zero-order chi connectivity index (χ0) is 8.23. The Kier molecular flexibility index (Phi) is 2.12. The summed E-state index contributed by atoms with van der Waals surface area (Å²) in [6.45, 7) is 0.955. The lowest BCUT2D eigenvalue weighted by atomic mass is 10.0. The Morgan fingerprint density at radius 3 is 2.83 bits per heavy atom. The lowest BCUT2D eigenvalue weighted by molar-refractivity contribution is 0.895. The molecule has 1 aliphatic carbocycles. The van der Waals surface area contributed by atoms with E-state index in [0.717, 1.165) is 6.54 Å². The van der Waals surface area contributed by atoms with Crippen LogP contribution in [0.15, 0.2) is 47.7 Å². The molecule has 0 atom stereocenters. The van der Waals surface area contributed by atoms with Gasteiger partial charge in [-0.2, -0.15) is 0 Å². The van der Waals surface area contributed by atoms with Crippen LogP contribution in [-0.4, -0.2) is 6.54 Å². The molecule has 0 saturated carbocycles. The molecule has 0 aromatic rings. The fourth-order valence-electron chi connectivity index (χ4n) is 1.47. The third-order valence-electron chi connectivity index (χ3n) is 2.12. The second kappa shape index (κ2) is 3.44. The number of dihydropyridines is 1. The average molecular weight is 159 g/mol. The Balaban J connectivity index is 2.17. The van der Waals surface area contributed by atoms with Gasteiger partial charge in [-0.1, -0.05) is 30.4 Å². The number of hydrogen-bond donors (Lipinski definition) is 1. The summed E-state index contributed by atoms with van der Waals surface area (Å²) in [6.07, 6.45) is 15.4. The lowest BCUT2D eigenvalue weighted by Crippen LogP contribution is -2.16. The molecular formula is C11H13N. The lowest BCUT2D eigenvalue weighted by Gasteiger charge is -2.14. The highest BCUT2D eigenvalue weighted by molar-refractivity contribution is 5.43. The van der Waals surface area contributed by atoms with E-state index in [0.29, 0.717) is 0 Å². The maximum atomic E-state index is 3.34. The van der Waals surface area contributed by atoms with Crippen molar-refractivity contribution in [3.05, 3.63) is 47.7 Å². The monoisotopic (exact) mass is 159 g/mol. The third-order valence-corrected chi connectivity index (χ3v) is 2.12. The second-order valence-corrected chi connectivity index (χ2v) is 3.03. The van der Waals surface area contributed by atoms with Gasteiger partial charge in [0.2, 0.25) is 0 Å². The molecular weight excluding hydrogens is 146 g/mol. The summed E-state index contributed by atoms with van der Waals surface area (Å²) in [6, 6.07) is 0. The molecule has 0 fully saturated rings. The molecule has 0 radical (unpaired) electrons. The summed E-state index contributed by atoms with van der Waals surface area (Å²) >= 11 is 0. The zero-order valence-electron chi connectivity index (χ0n) is 7.09. The first-order chi connectivity index (χ1) is 5.97. The summed E-state index contributed by atoms with van der Waals surface area (Å²) in [7, 11) is 0. The van der Waals surface area contributed by atoms with Gasteiger partial charge in [-0.25, -0.2) is 0 Å². The average Bonchev–Trinajstić information content (AvgIpc) is 2.21. The molecule has 0 unspecified atom stereocenters. The smallest absolute Gasteiger partial charge is 0.0412 e. The van der Waals surface area contributed by atoms with E-state index >= 15 is 0 Å². The van der Waals surface area contributed by atoms with Crippen molar-refractivity contribution < 1.29 is 0 Å². The highest BCUT2D eigenvalue weighted by Crippen LogP contribution is 2.17. The van der Waals surface area contributed by atoms with E-state index in [1.807, 2.05) is 0 Å². The van der Waals surface area contributed by atoms with Crippen LogP contribution in [0.4, 0.5) is 0 Å².